The number of ether oxygens (including phenoxy) is 1. The van der Waals surface area contributed by atoms with Crippen molar-refractivity contribution in [2.75, 3.05) is 45.8 Å². The molecule has 0 amide bonds. The number of anilines is 1. The number of hydrogen-bond acceptors (Lipinski definition) is 5. The van der Waals surface area contributed by atoms with Crippen molar-refractivity contribution in [2.24, 2.45) is 5.41 Å². The number of carboxylic acid groups (broad SMARTS) is 1. The molecule has 6 nitrogen and oxygen atoms in total. The third-order valence-electron chi connectivity index (χ3n) is 4.79. The Morgan fingerprint density at radius 3 is 2.83 bits per heavy atom. The molecular weight excluding hydrogens is 306 g/mol. The molecule has 0 radical (unpaired) electrons. The lowest BCUT2D eigenvalue weighted by Crippen LogP contribution is -2.47. The van der Waals surface area contributed by atoms with Crippen LogP contribution in [0.25, 0.3) is 0 Å². The number of likely N-dealkylation sites (tertiary alicyclic amines) is 1. The normalized spacial score (nSPS) is 21.6. The minimum absolute atomic E-state index is 0.599. The molecule has 1 fully saturated rings. The van der Waals surface area contributed by atoms with E-state index in [4.69, 9.17) is 4.74 Å². The number of aliphatic carboxylic acids is 1. The summed E-state index contributed by atoms with van der Waals surface area (Å²) in [7, 11) is 5.59. The molecule has 1 N–H and O–H groups in total. The number of carboxylic acids is 1. The van der Waals surface area contributed by atoms with Gasteiger partial charge in [0.25, 0.3) is 0 Å². The second-order valence-electron chi connectivity index (χ2n) is 6.92. The average Bonchev–Trinajstić information content (AvgIpc) is 2.56. The van der Waals surface area contributed by atoms with E-state index in [0.717, 1.165) is 43.7 Å². The molecule has 2 rings (SSSR count). The first-order chi connectivity index (χ1) is 11.5. The molecule has 1 atom stereocenters. The summed E-state index contributed by atoms with van der Waals surface area (Å²) in [6.07, 6.45) is 5.01. The van der Waals surface area contributed by atoms with E-state index in [1.165, 1.54) is 0 Å². The Kier molecular flexibility index (Phi) is 6.57. The zero-order chi connectivity index (χ0) is 17.6. The first kappa shape index (κ1) is 18.7. The van der Waals surface area contributed by atoms with Gasteiger partial charge < -0.3 is 14.7 Å². The first-order valence-electron chi connectivity index (χ1n) is 8.54. The predicted octanol–water partition coefficient (Wildman–Crippen LogP) is 2.24. The topological polar surface area (TPSA) is 65.9 Å². The van der Waals surface area contributed by atoms with E-state index in [2.05, 4.69) is 16.0 Å². The predicted molar refractivity (Wildman–Crippen MR) is 94.3 cm³/mol. The number of rotatable bonds is 8. The highest BCUT2D eigenvalue weighted by Gasteiger charge is 2.41. The van der Waals surface area contributed by atoms with Crippen molar-refractivity contribution in [3.63, 3.8) is 0 Å². The third-order valence-corrected chi connectivity index (χ3v) is 4.79. The molecule has 1 aliphatic rings. The van der Waals surface area contributed by atoms with Gasteiger partial charge in [0.05, 0.1) is 5.41 Å². The summed E-state index contributed by atoms with van der Waals surface area (Å²) >= 11 is 0. The lowest BCUT2D eigenvalue weighted by atomic mass is 9.76. The summed E-state index contributed by atoms with van der Waals surface area (Å²) in [4.78, 5) is 20.6. The second kappa shape index (κ2) is 8.44. The van der Waals surface area contributed by atoms with Crippen molar-refractivity contribution < 1.29 is 14.6 Å². The van der Waals surface area contributed by atoms with Crippen molar-refractivity contribution in [1.29, 1.82) is 0 Å². The zero-order valence-electron chi connectivity index (χ0n) is 15.0. The van der Waals surface area contributed by atoms with E-state index in [1.807, 2.05) is 31.3 Å². The lowest BCUT2D eigenvalue weighted by molar-refractivity contribution is -0.153. The van der Waals surface area contributed by atoms with Crippen LogP contribution in [0.4, 0.5) is 5.82 Å². The SMILES string of the molecule is COCCC[C@]1(C(=O)O)CCCN(Cc2ccc(N(C)C)nc2)C1. The molecule has 0 aliphatic carbocycles. The van der Waals surface area contributed by atoms with Crippen molar-refractivity contribution in [3.8, 4) is 0 Å². The van der Waals surface area contributed by atoms with Crippen LogP contribution in [0.15, 0.2) is 18.3 Å². The van der Waals surface area contributed by atoms with Gasteiger partial charge in [0.1, 0.15) is 5.82 Å². The molecule has 0 spiro atoms. The maximum absolute atomic E-state index is 11.9. The van der Waals surface area contributed by atoms with Crippen LogP contribution in [0, 0.1) is 5.41 Å². The number of methoxy groups -OCH3 is 1. The van der Waals surface area contributed by atoms with Crippen LogP contribution in [-0.2, 0) is 16.1 Å². The summed E-state index contributed by atoms with van der Waals surface area (Å²) in [6.45, 7) is 2.90. The van der Waals surface area contributed by atoms with Gasteiger partial charge in [-0.3, -0.25) is 9.69 Å². The molecule has 6 heteroatoms. The van der Waals surface area contributed by atoms with Gasteiger partial charge in [0.2, 0.25) is 0 Å². The second-order valence-corrected chi connectivity index (χ2v) is 6.92. The van der Waals surface area contributed by atoms with Crippen molar-refractivity contribution >= 4 is 11.8 Å². The largest absolute Gasteiger partial charge is 0.481 e. The fourth-order valence-corrected chi connectivity index (χ4v) is 3.44. The molecule has 0 saturated carbocycles. The van der Waals surface area contributed by atoms with Crippen LogP contribution in [-0.4, -0.2) is 61.9 Å². The summed E-state index contributed by atoms with van der Waals surface area (Å²) in [5.41, 5.74) is 0.479. The summed E-state index contributed by atoms with van der Waals surface area (Å²) < 4.78 is 5.09. The monoisotopic (exact) mass is 335 g/mol. The molecule has 0 unspecified atom stereocenters. The maximum atomic E-state index is 11.9. The molecule has 24 heavy (non-hydrogen) atoms. The van der Waals surface area contributed by atoms with E-state index in [9.17, 15) is 9.90 Å². The number of piperidine rings is 1. The van der Waals surface area contributed by atoms with Crippen molar-refractivity contribution in [3.05, 3.63) is 23.9 Å². The Morgan fingerprint density at radius 1 is 1.46 bits per heavy atom. The molecule has 1 aromatic rings. The molecule has 2 heterocycles. The lowest BCUT2D eigenvalue weighted by Gasteiger charge is -2.40. The summed E-state index contributed by atoms with van der Waals surface area (Å²) in [5, 5.41) is 9.78. The summed E-state index contributed by atoms with van der Waals surface area (Å²) in [6, 6.07) is 4.08. The molecular formula is C18H29N3O3. The molecule has 0 bridgehead atoms. The van der Waals surface area contributed by atoms with Crippen LogP contribution in [0.5, 0.6) is 0 Å². The fraction of sp³-hybridized carbons (Fsp3) is 0.667. The first-order valence-corrected chi connectivity index (χ1v) is 8.54. The Hall–Kier alpha value is -1.66. The van der Waals surface area contributed by atoms with Crippen LogP contribution in [0.1, 0.15) is 31.2 Å². The number of hydrogen-bond donors (Lipinski definition) is 1. The fourth-order valence-electron chi connectivity index (χ4n) is 3.44. The van der Waals surface area contributed by atoms with Crippen molar-refractivity contribution in [1.82, 2.24) is 9.88 Å². The summed E-state index contributed by atoms with van der Waals surface area (Å²) in [5.74, 6) is 0.251. The minimum atomic E-state index is -0.676. The Balaban J connectivity index is 2.01. The number of carbonyl (C=O) groups is 1. The Morgan fingerprint density at radius 2 is 2.25 bits per heavy atom. The number of nitrogens with zero attached hydrogens (tertiary/aromatic N) is 3. The average molecular weight is 335 g/mol. The van der Waals surface area contributed by atoms with Gasteiger partial charge >= 0.3 is 5.97 Å². The zero-order valence-corrected chi connectivity index (χ0v) is 15.0. The minimum Gasteiger partial charge on any atom is -0.481 e. The highest BCUT2D eigenvalue weighted by Crippen LogP contribution is 2.35. The van der Waals surface area contributed by atoms with Gasteiger partial charge in [-0.15, -0.1) is 0 Å². The number of aromatic nitrogens is 1. The van der Waals surface area contributed by atoms with E-state index in [-0.39, 0.29) is 0 Å². The van der Waals surface area contributed by atoms with E-state index >= 15 is 0 Å². The van der Waals surface area contributed by atoms with Gasteiger partial charge in [-0.05, 0) is 43.9 Å². The van der Waals surface area contributed by atoms with Crippen LogP contribution in [0.2, 0.25) is 0 Å². The molecule has 1 aliphatic heterocycles. The van der Waals surface area contributed by atoms with Crippen molar-refractivity contribution in [2.45, 2.75) is 32.2 Å². The van der Waals surface area contributed by atoms with E-state index in [0.29, 0.717) is 19.6 Å². The standard InChI is InChI=1S/C18H29N3O3/c1-20(2)16-7-6-15(12-19-16)13-21-10-4-8-18(14-21,17(22)23)9-5-11-24-3/h6-7,12H,4-5,8-11,13-14H2,1-3H3,(H,22,23)/t18-/m1/s1. The van der Waals surface area contributed by atoms with E-state index in [1.54, 1.807) is 7.11 Å². The highest BCUT2D eigenvalue weighted by molar-refractivity contribution is 5.75. The van der Waals surface area contributed by atoms with Gasteiger partial charge in [-0.1, -0.05) is 6.07 Å². The van der Waals surface area contributed by atoms with Crippen LogP contribution in [0.3, 0.4) is 0 Å². The Labute approximate surface area is 144 Å². The number of pyridine rings is 1. The Bertz CT molecular complexity index is 533. The quantitative estimate of drug-likeness (QED) is 0.735. The molecule has 0 aromatic carbocycles. The molecule has 1 aromatic heterocycles. The van der Waals surface area contributed by atoms with E-state index < -0.39 is 11.4 Å². The van der Waals surface area contributed by atoms with Gasteiger partial charge in [-0.25, -0.2) is 4.98 Å². The van der Waals surface area contributed by atoms with Crippen LogP contribution >= 0.6 is 0 Å². The van der Waals surface area contributed by atoms with Gasteiger partial charge in [0.15, 0.2) is 0 Å². The third kappa shape index (κ3) is 4.68. The maximum Gasteiger partial charge on any atom is 0.310 e. The van der Waals surface area contributed by atoms with Gasteiger partial charge in [-0.2, -0.15) is 0 Å². The van der Waals surface area contributed by atoms with Crippen LogP contribution < -0.4 is 4.90 Å². The smallest absolute Gasteiger partial charge is 0.310 e. The molecule has 1 saturated heterocycles. The molecule has 134 valence electrons. The highest BCUT2D eigenvalue weighted by atomic mass is 16.5. The van der Waals surface area contributed by atoms with Gasteiger partial charge in [0, 0.05) is 47.1 Å².